The Balaban J connectivity index is 2.03. The Morgan fingerprint density at radius 2 is 1.55 bits per heavy atom. The van der Waals surface area contributed by atoms with E-state index in [1.807, 2.05) is 66.7 Å². The minimum Gasteiger partial charge on any atom is -0.267 e. The second-order valence-electron chi connectivity index (χ2n) is 5.56. The second-order valence-corrected chi connectivity index (χ2v) is 5.56. The fraction of sp³-hybridized carbons (Fsp3) is 0.158. The van der Waals surface area contributed by atoms with Gasteiger partial charge in [0.05, 0.1) is 17.0 Å². The van der Waals surface area contributed by atoms with Crippen molar-refractivity contribution in [1.82, 2.24) is 0 Å². The fourth-order valence-corrected chi connectivity index (χ4v) is 2.45. The van der Waals surface area contributed by atoms with Gasteiger partial charge in [-0.05, 0) is 29.7 Å². The van der Waals surface area contributed by atoms with Crippen molar-refractivity contribution in [3.63, 3.8) is 0 Å². The molecule has 0 spiro atoms. The number of rotatable bonds is 3. The highest BCUT2D eigenvalue weighted by atomic mass is 16.2. The summed E-state index contributed by atoms with van der Waals surface area (Å²) in [4.78, 5) is 12.8. The first-order valence-corrected chi connectivity index (χ1v) is 7.42. The van der Waals surface area contributed by atoms with Gasteiger partial charge >= 0.3 is 0 Å². The molecule has 0 bridgehead atoms. The van der Waals surface area contributed by atoms with Crippen LogP contribution in [-0.2, 0) is 4.79 Å². The molecule has 0 N–H and O–H groups in total. The van der Waals surface area contributed by atoms with Crippen LogP contribution in [0.2, 0.25) is 0 Å². The Hall–Kier alpha value is -2.68. The number of para-hydroxylation sites is 1. The Kier molecular flexibility index (Phi) is 3.88. The molecule has 0 aromatic heterocycles. The van der Waals surface area contributed by atoms with Gasteiger partial charge in [-0.2, -0.15) is 10.1 Å². The molecule has 3 nitrogen and oxygen atoms in total. The molecule has 3 heteroatoms. The lowest BCUT2D eigenvalue weighted by Crippen LogP contribution is -2.21. The monoisotopic (exact) mass is 290 g/mol. The van der Waals surface area contributed by atoms with Crippen LogP contribution in [0.4, 0.5) is 5.69 Å². The van der Waals surface area contributed by atoms with E-state index in [4.69, 9.17) is 0 Å². The lowest BCUT2D eigenvalue weighted by atomic mass is 9.98. The van der Waals surface area contributed by atoms with Crippen molar-refractivity contribution >= 4 is 23.4 Å². The van der Waals surface area contributed by atoms with E-state index in [0.717, 1.165) is 17.0 Å². The molecule has 1 amide bonds. The van der Waals surface area contributed by atoms with Crippen molar-refractivity contribution in [1.29, 1.82) is 0 Å². The highest BCUT2D eigenvalue weighted by Gasteiger charge is 2.32. The molecule has 22 heavy (non-hydrogen) atoms. The molecule has 0 fully saturated rings. The average molecular weight is 290 g/mol. The maximum Gasteiger partial charge on any atom is 0.280 e. The number of carbonyl (C=O) groups excluding carboxylic acids is 1. The van der Waals surface area contributed by atoms with Gasteiger partial charge in [-0.1, -0.05) is 62.4 Å². The predicted octanol–water partition coefficient (Wildman–Crippen LogP) is 4.13. The van der Waals surface area contributed by atoms with Gasteiger partial charge in [0.15, 0.2) is 0 Å². The zero-order chi connectivity index (χ0) is 15.5. The maximum atomic E-state index is 12.8. The van der Waals surface area contributed by atoms with E-state index in [0.29, 0.717) is 5.57 Å². The average Bonchev–Trinajstić information content (AvgIpc) is 2.87. The highest BCUT2D eigenvalue weighted by molar-refractivity contribution is 6.33. The summed E-state index contributed by atoms with van der Waals surface area (Å²) in [6.45, 7) is 4.11. The van der Waals surface area contributed by atoms with Crippen molar-refractivity contribution in [2.45, 2.75) is 13.8 Å². The van der Waals surface area contributed by atoms with Gasteiger partial charge in [-0.3, -0.25) is 4.79 Å². The van der Waals surface area contributed by atoms with Crippen LogP contribution in [0.5, 0.6) is 0 Å². The zero-order valence-corrected chi connectivity index (χ0v) is 12.7. The Bertz CT molecular complexity index is 731. The first kappa shape index (κ1) is 14.3. The van der Waals surface area contributed by atoms with E-state index in [-0.39, 0.29) is 11.8 Å². The topological polar surface area (TPSA) is 32.7 Å². The summed E-state index contributed by atoms with van der Waals surface area (Å²) in [6, 6.07) is 19.4. The third-order valence-electron chi connectivity index (χ3n) is 3.56. The summed E-state index contributed by atoms with van der Waals surface area (Å²) in [5, 5.41) is 6.04. The van der Waals surface area contributed by atoms with Gasteiger partial charge in [0.25, 0.3) is 5.91 Å². The van der Waals surface area contributed by atoms with Crippen molar-refractivity contribution in [3.05, 3.63) is 71.8 Å². The molecule has 0 radical (unpaired) electrons. The minimum atomic E-state index is -0.0706. The number of carbonyl (C=O) groups is 1. The van der Waals surface area contributed by atoms with E-state index < -0.39 is 0 Å². The highest BCUT2D eigenvalue weighted by Crippen LogP contribution is 2.27. The van der Waals surface area contributed by atoms with Crippen LogP contribution in [0.1, 0.15) is 19.4 Å². The Labute approximate surface area is 130 Å². The molecule has 0 saturated heterocycles. The van der Waals surface area contributed by atoms with Crippen molar-refractivity contribution < 1.29 is 4.79 Å². The molecule has 3 rings (SSSR count). The van der Waals surface area contributed by atoms with Crippen LogP contribution in [0.3, 0.4) is 0 Å². The van der Waals surface area contributed by atoms with Crippen LogP contribution >= 0.6 is 0 Å². The summed E-state index contributed by atoms with van der Waals surface area (Å²) >= 11 is 0. The largest absolute Gasteiger partial charge is 0.280 e. The lowest BCUT2D eigenvalue weighted by molar-refractivity contribution is -0.114. The summed E-state index contributed by atoms with van der Waals surface area (Å²) in [7, 11) is 0. The van der Waals surface area contributed by atoms with Crippen molar-refractivity contribution in [2.75, 3.05) is 5.01 Å². The number of hydrazone groups is 1. The molecule has 0 aliphatic carbocycles. The second kappa shape index (κ2) is 5.98. The molecule has 2 aromatic carbocycles. The quantitative estimate of drug-likeness (QED) is 0.782. The molecule has 0 atom stereocenters. The summed E-state index contributed by atoms with van der Waals surface area (Å²) in [5.41, 5.74) is 3.30. The molecule has 1 aliphatic rings. The van der Waals surface area contributed by atoms with Gasteiger partial charge < -0.3 is 0 Å². The van der Waals surface area contributed by atoms with Crippen molar-refractivity contribution in [3.8, 4) is 0 Å². The van der Waals surface area contributed by atoms with Gasteiger partial charge in [0, 0.05) is 0 Å². The van der Waals surface area contributed by atoms with Gasteiger partial charge in [0.1, 0.15) is 0 Å². The SMILES string of the molecule is CC(C)C1=NN(c2ccccc2)C(=O)C1=Cc1ccccc1. The van der Waals surface area contributed by atoms with Gasteiger partial charge in [0.2, 0.25) is 0 Å². The van der Waals surface area contributed by atoms with Crippen LogP contribution < -0.4 is 5.01 Å². The normalized spacial score (nSPS) is 16.5. The lowest BCUT2D eigenvalue weighted by Gasteiger charge is -2.10. The van der Waals surface area contributed by atoms with Gasteiger partial charge in [-0.25, -0.2) is 0 Å². The van der Waals surface area contributed by atoms with E-state index >= 15 is 0 Å². The smallest absolute Gasteiger partial charge is 0.267 e. The van der Waals surface area contributed by atoms with E-state index in [1.54, 1.807) is 0 Å². The molecular weight excluding hydrogens is 272 g/mol. The van der Waals surface area contributed by atoms with Crippen LogP contribution in [0.15, 0.2) is 71.3 Å². The van der Waals surface area contributed by atoms with E-state index in [9.17, 15) is 4.79 Å². The number of amides is 1. The maximum absolute atomic E-state index is 12.8. The summed E-state index contributed by atoms with van der Waals surface area (Å²) < 4.78 is 0. The summed E-state index contributed by atoms with van der Waals surface area (Å²) in [6.07, 6.45) is 1.92. The first-order chi connectivity index (χ1) is 10.7. The number of hydrogen-bond donors (Lipinski definition) is 0. The summed E-state index contributed by atoms with van der Waals surface area (Å²) in [5.74, 6) is 0.117. The number of benzene rings is 2. The van der Waals surface area contributed by atoms with E-state index in [1.165, 1.54) is 5.01 Å². The van der Waals surface area contributed by atoms with Crippen molar-refractivity contribution in [2.24, 2.45) is 11.0 Å². The Morgan fingerprint density at radius 3 is 2.14 bits per heavy atom. The van der Waals surface area contributed by atoms with Crippen LogP contribution in [-0.4, -0.2) is 11.6 Å². The number of anilines is 1. The van der Waals surface area contributed by atoms with Crippen LogP contribution in [0, 0.1) is 5.92 Å². The number of hydrogen-bond acceptors (Lipinski definition) is 2. The van der Waals surface area contributed by atoms with E-state index in [2.05, 4.69) is 18.9 Å². The molecule has 0 saturated carbocycles. The Morgan fingerprint density at radius 1 is 0.955 bits per heavy atom. The first-order valence-electron chi connectivity index (χ1n) is 7.42. The third-order valence-corrected chi connectivity index (χ3v) is 3.56. The molecular formula is C19H18N2O. The predicted molar refractivity (Wildman–Crippen MR) is 90.6 cm³/mol. The molecule has 1 aliphatic heterocycles. The fourth-order valence-electron chi connectivity index (χ4n) is 2.45. The molecule has 1 heterocycles. The third kappa shape index (κ3) is 2.70. The molecule has 0 unspecified atom stereocenters. The standard InChI is InChI=1S/C19H18N2O/c1-14(2)18-17(13-15-9-5-3-6-10-15)19(22)21(20-18)16-11-7-4-8-12-16/h3-14H,1-2H3. The van der Waals surface area contributed by atoms with Crippen LogP contribution in [0.25, 0.3) is 6.08 Å². The zero-order valence-electron chi connectivity index (χ0n) is 12.7. The molecule has 2 aromatic rings. The van der Waals surface area contributed by atoms with Gasteiger partial charge in [-0.15, -0.1) is 0 Å². The number of nitrogens with zero attached hydrogens (tertiary/aromatic N) is 2. The minimum absolute atomic E-state index is 0.0706. The molecule has 110 valence electrons.